The molecule has 1 aliphatic carbocycles. The first-order valence-corrected chi connectivity index (χ1v) is 6.95. The molecule has 5 heteroatoms. The summed E-state index contributed by atoms with van der Waals surface area (Å²) in [7, 11) is 0. The fourth-order valence-corrected chi connectivity index (χ4v) is 3.05. The van der Waals surface area contributed by atoms with Gasteiger partial charge < -0.3 is 9.47 Å². The molecule has 2 saturated heterocycles. The molecule has 2 heterocycles. The summed E-state index contributed by atoms with van der Waals surface area (Å²) in [6.07, 6.45) is 5.79. The maximum atomic E-state index is 12.0. The molecular formula is C13H21NO4. The van der Waals surface area contributed by atoms with E-state index in [0.29, 0.717) is 0 Å². The summed E-state index contributed by atoms with van der Waals surface area (Å²) < 4.78 is 10.8. The molecule has 1 N–H and O–H groups in total. The number of ether oxygens (including phenoxy) is 2. The van der Waals surface area contributed by atoms with Gasteiger partial charge in [0.15, 0.2) is 6.29 Å². The van der Waals surface area contributed by atoms with Crippen LogP contribution in [0.5, 0.6) is 0 Å². The first-order chi connectivity index (χ1) is 8.80. The van der Waals surface area contributed by atoms with E-state index in [4.69, 9.17) is 14.3 Å². The van der Waals surface area contributed by atoms with E-state index in [9.17, 15) is 4.79 Å². The predicted molar refractivity (Wildman–Crippen MR) is 63.4 cm³/mol. The summed E-state index contributed by atoms with van der Waals surface area (Å²) >= 11 is 0. The normalized spacial score (nSPS) is 34.2. The molecule has 1 saturated carbocycles. The standard InChI is InChI=1S/C13H21NO4/c15-12(14-18-11-3-1-2-6-17-11)10-9-13(10)4-7-16-8-5-13/h10-11H,1-9H2,(H,14,15)/t10-,11-/m1/s1. The lowest BCUT2D eigenvalue weighted by Crippen LogP contribution is -2.35. The smallest absolute Gasteiger partial charge is 0.247 e. The minimum Gasteiger partial charge on any atom is -0.381 e. The fraction of sp³-hybridized carbons (Fsp3) is 0.923. The third-order valence-corrected chi connectivity index (χ3v) is 4.42. The highest BCUT2D eigenvalue weighted by Crippen LogP contribution is 2.59. The van der Waals surface area contributed by atoms with Crippen molar-refractivity contribution in [2.45, 2.75) is 44.8 Å². The van der Waals surface area contributed by atoms with Crippen LogP contribution in [0.3, 0.4) is 0 Å². The lowest BCUT2D eigenvalue weighted by atomic mass is 9.94. The molecule has 0 unspecified atom stereocenters. The van der Waals surface area contributed by atoms with Crippen molar-refractivity contribution in [3.05, 3.63) is 0 Å². The molecule has 3 rings (SSSR count). The highest BCUT2D eigenvalue weighted by molar-refractivity contribution is 5.81. The average Bonchev–Trinajstić information content (AvgIpc) is 3.12. The maximum Gasteiger partial charge on any atom is 0.247 e. The SMILES string of the molecule is O=C(NO[C@@H]1CCCCO1)[C@H]1CC12CCOCC2. The average molecular weight is 255 g/mol. The van der Waals surface area contributed by atoms with E-state index in [1.165, 1.54) is 0 Å². The van der Waals surface area contributed by atoms with E-state index in [-0.39, 0.29) is 23.5 Å². The van der Waals surface area contributed by atoms with Crippen molar-refractivity contribution in [2.24, 2.45) is 11.3 Å². The molecule has 0 radical (unpaired) electrons. The molecular weight excluding hydrogens is 234 g/mol. The monoisotopic (exact) mass is 255 g/mol. The van der Waals surface area contributed by atoms with Crippen molar-refractivity contribution >= 4 is 5.91 Å². The lowest BCUT2D eigenvalue weighted by molar-refractivity contribution is -0.201. The Morgan fingerprint density at radius 2 is 2.06 bits per heavy atom. The summed E-state index contributed by atoms with van der Waals surface area (Å²) in [6.45, 7) is 2.30. The number of nitrogens with one attached hydrogen (secondary N) is 1. The molecule has 0 aromatic rings. The second-order valence-corrected chi connectivity index (χ2v) is 5.61. The zero-order chi connectivity index (χ0) is 12.4. The van der Waals surface area contributed by atoms with Crippen LogP contribution in [-0.4, -0.2) is 32.0 Å². The van der Waals surface area contributed by atoms with Crippen LogP contribution < -0.4 is 5.48 Å². The first kappa shape index (κ1) is 12.4. The van der Waals surface area contributed by atoms with E-state index in [0.717, 1.165) is 58.3 Å². The first-order valence-electron chi connectivity index (χ1n) is 6.95. The zero-order valence-corrected chi connectivity index (χ0v) is 10.7. The van der Waals surface area contributed by atoms with Crippen LogP contribution in [0.2, 0.25) is 0 Å². The van der Waals surface area contributed by atoms with Gasteiger partial charge in [-0.25, -0.2) is 10.3 Å². The zero-order valence-electron chi connectivity index (χ0n) is 10.7. The van der Waals surface area contributed by atoms with Crippen LogP contribution in [0, 0.1) is 11.3 Å². The van der Waals surface area contributed by atoms with Crippen LogP contribution in [-0.2, 0) is 19.1 Å². The number of hydrogen-bond donors (Lipinski definition) is 1. The predicted octanol–water partition coefficient (Wildman–Crippen LogP) is 1.38. The van der Waals surface area contributed by atoms with Crippen molar-refractivity contribution < 1.29 is 19.1 Å². The van der Waals surface area contributed by atoms with E-state index in [1.54, 1.807) is 0 Å². The van der Waals surface area contributed by atoms with Crippen LogP contribution in [0.15, 0.2) is 0 Å². The molecule has 2 aliphatic heterocycles. The van der Waals surface area contributed by atoms with Gasteiger partial charge >= 0.3 is 0 Å². The van der Waals surface area contributed by atoms with E-state index in [2.05, 4.69) is 5.48 Å². The second kappa shape index (κ2) is 5.15. The molecule has 1 spiro atoms. The van der Waals surface area contributed by atoms with E-state index < -0.39 is 0 Å². The molecule has 1 amide bonds. The van der Waals surface area contributed by atoms with Crippen LogP contribution in [0.25, 0.3) is 0 Å². The molecule has 3 aliphatic rings. The van der Waals surface area contributed by atoms with Gasteiger partial charge in [-0.05, 0) is 37.5 Å². The highest BCUT2D eigenvalue weighted by atomic mass is 16.8. The summed E-state index contributed by atoms with van der Waals surface area (Å²) in [5.74, 6) is 0.135. The Kier molecular flexibility index (Phi) is 3.54. The fourth-order valence-electron chi connectivity index (χ4n) is 3.05. The molecule has 5 nitrogen and oxygen atoms in total. The van der Waals surface area contributed by atoms with Gasteiger partial charge in [0, 0.05) is 32.2 Å². The highest BCUT2D eigenvalue weighted by Gasteiger charge is 2.58. The van der Waals surface area contributed by atoms with Gasteiger partial charge in [-0.3, -0.25) is 4.79 Å². The lowest BCUT2D eigenvalue weighted by Gasteiger charge is -2.24. The molecule has 0 aromatic heterocycles. The Balaban J connectivity index is 1.42. The summed E-state index contributed by atoms with van der Waals surface area (Å²) in [5.41, 5.74) is 2.79. The topological polar surface area (TPSA) is 56.8 Å². The van der Waals surface area contributed by atoms with Gasteiger partial charge in [-0.2, -0.15) is 0 Å². The molecule has 102 valence electrons. The molecule has 3 fully saturated rings. The quantitative estimate of drug-likeness (QED) is 0.774. The van der Waals surface area contributed by atoms with Crippen molar-refractivity contribution in [1.29, 1.82) is 0 Å². The summed E-state index contributed by atoms with van der Waals surface area (Å²) in [6, 6.07) is 0. The minimum atomic E-state index is -0.257. The van der Waals surface area contributed by atoms with Crippen molar-refractivity contribution in [1.82, 2.24) is 5.48 Å². The molecule has 0 bridgehead atoms. The summed E-state index contributed by atoms with van der Waals surface area (Å²) in [4.78, 5) is 17.3. The Morgan fingerprint density at radius 1 is 1.22 bits per heavy atom. The van der Waals surface area contributed by atoms with Crippen molar-refractivity contribution in [3.63, 3.8) is 0 Å². The maximum absolute atomic E-state index is 12.0. The van der Waals surface area contributed by atoms with Gasteiger partial charge in [-0.1, -0.05) is 0 Å². The van der Waals surface area contributed by atoms with Crippen LogP contribution >= 0.6 is 0 Å². The van der Waals surface area contributed by atoms with Gasteiger partial charge in [0.05, 0.1) is 0 Å². The third kappa shape index (κ3) is 2.53. The number of hydrogen-bond acceptors (Lipinski definition) is 4. The number of rotatable bonds is 3. The number of carbonyl (C=O) groups is 1. The van der Waals surface area contributed by atoms with Crippen LogP contribution in [0.1, 0.15) is 38.5 Å². The third-order valence-electron chi connectivity index (χ3n) is 4.42. The number of hydroxylamine groups is 1. The Labute approximate surface area is 107 Å². The van der Waals surface area contributed by atoms with Gasteiger partial charge in [0.1, 0.15) is 0 Å². The van der Waals surface area contributed by atoms with Crippen LogP contribution in [0.4, 0.5) is 0 Å². The van der Waals surface area contributed by atoms with E-state index in [1.807, 2.05) is 0 Å². The van der Waals surface area contributed by atoms with Crippen molar-refractivity contribution in [3.8, 4) is 0 Å². The van der Waals surface area contributed by atoms with Gasteiger partial charge in [0.2, 0.25) is 5.91 Å². The molecule has 2 atom stereocenters. The van der Waals surface area contributed by atoms with Gasteiger partial charge in [0.25, 0.3) is 0 Å². The Bertz CT molecular complexity index is 308. The summed E-state index contributed by atoms with van der Waals surface area (Å²) in [5, 5.41) is 0. The van der Waals surface area contributed by atoms with Crippen molar-refractivity contribution in [2.75, 3.05) is 19.8 Å². The number of carbonyl (C=O) groups excluding carboxylic acids is 1. The minimum absolute atomic E-state index is 0.0195. The Morgan fingerprint density at radius 3 is 2.78 bits per heavy atom. The second-order valence-electron chi connectivity index (χ2n) is 5.61. The van der Waals surface area contributed by atoms with Gasteiger partial charge in [-0.15, -0.1) is 0 Å². The Hall–Kier alpha value is -0.650. The largest absolute Gasteiger partial charge is 0.381 e. The molecule has 18 heavy (non-hydrogen) atoms. The van der Waals surface area contributed by atoms with E-state index >= 15 is 0 Å². The number of amides is 1. The molecule has 0 aromatic carbocycles.